The maximum Gasteiger partial charge on any atom is 0.342 e. The monoisotopic (exact) mass is 265 g/mol. The van der Waals surface area contributed by atoms with Gasteiger partial charge in [0.15, 0.2) is 0 Å². The summed E-state index contributed by atoms with van der Waals surface area (Å²) in [7, 11) is 0. The molecule has 7 nitrogen and oxygen atoms in total. The van der Waals surface area contributed by atoms with Crippen LogP contribution >= 0.6 is 0 Å². The number of nitro benzene ring substituents is 1. The number of hydrogen-bond donors (Lipinski definition) is 3. The lowest BCUT2D eigenvalue weighted by Gasteiger charge is -2.24. The minimum absolute atomic E-state index is 0.129. The van der Waals surface area contributed by atoms with E-state index in [0.29, 0.717) is 0 Å². The van der Waals surface area contributed by atoms with Crippen molar-refractivity contribution in [2.24, 2.45) is 0 Å². The summed E-state index contributed by atoms with van der Waals surface area (Å²) in [5, 5.41) is 26.4. The normalized spacial score (nSPS) is 16.0. The Balaban J connectivity index is 2.30. The number of nitro groups is 1. The van der Waals surface area contributed by atoms with Crippen LogP contribution < -0.4 is 10.6 Å². The van der Waals surface area contributed by atoms with Crippen molar-refractivity contribution >= 4 is 17.3 Å². The highest BCUT2D eigenvalue weighted by Crippen LogP contribution is 2.30. The van der Waals surface area contributed by atoms with Crippen molar-refractivity contribution in [3.8, 4) is 0 Å². The third-order valence-electron chi connectivity index (χ3n) is 3.15. The average Bonchev–Trinajstić information content (AvgIpc) is 2.39. The van der Waals surface area contributed by atoms with E-state index in [1.54, 1.807) is 6.07 Å². The predicted octanol–water partition coefficient (Wildman–Crippen LogP) is 1.46. The van der Waals surface area contributed by atoms with E-state index in [1.165, 1.54) is 12.1 Å². The van der Waals surface area contributed by atoms with E-state index in [-0.39, 0.29) is 23.0 Å². The quantitative estimate of drug-likeness (QED) is 0.562. The smallest absolute Gasteiger partial charge is 0.342 e. The molecule has 1 aliphatic heterocycles. The molecule has 0 atom stereocenters. The Morgan fingerprint density at radius 1 is 1.42 bits per heavy atom. The molecule has 1 aliphatic rings. The Morgan fingerprint density at radius 3 is 2.68 bits per heavy atom. The molecule has 3 N–H and O–H groups in total. The van der Waals surface area contributed by atoms with E-state index in [4.69, 9.17) is 5.11 Å². The molecule has 0 radical (unpaired) electrons. The van der Waals surface area contributed by atoms with E-state index in [2.05, 4.69) is 10.6 Å². The summed E-state index contributed by atoms with van der Waals surface area (Å²) in [5.74, 6) is -1.29. The molecular weight excluding hydrogens is 250 g/mol. The summed E-state index contributed by atoms with van der Waals surface area (Å²) in [6, 6.07) is 4.43. The maximum atomic E-state index is 11.1. The zero-order valence-corrected chi connectivity index (χ0v) is 10.3. The molecule has 1 saturated heterocycles. The molecule has 0 saturated carbocycles. The molecule has 0 amide bonds. The first-order valence-corrected chi connectivity index (χ1v) is 6.07. The summed E-state index contributed by atoms with van der Waals surface area (Å²) >= 11 is 0. The SMILES string of the molecule is O=C(O)c1cccc(NC2CCNCC2)c1[N+](=O)[O-]. The molecule has 7 heteroatoms. The number of hydrogen-bond acceptors (Lipinski definition) is 5. The maximum absolute atomic E-state index is 11.1. The fourth-order valence-corrected chi connectivity index (χ4v) is 2.22. The van der Waals surface area contributed by atoms with E-state index in [1.807, 2.05) is 0 Å². The number of benzene rings is 1. The number of anilines is 1. The van der Waals surface area contributed by atoms with Crippen molar-refractivity contribution < 1.29 is 14.8 Å². The third-order valence-corrected chi connectivity index (χ3v) is 3.15. The van der Waals surface area contributed by atoms with Crippen LogP contribution in [0.3, 0.4) is 0 Å². The van der Waals surface area contributed by atoms with Crippen LogP contribution in [0, 0.1) is 10.1 Å². The molecule has 0 spiro atoms. The summed E-state index contributed by atoms with van der Waals surface area (Å²) in [4.78, 5) is 21.5. The van der Waals surface area contributed by atoms with Crippen LogP contribution in [0.2, 0.25) is 0 Å². The number of para-hydroxylation sites is 1. The van der Waals surface area contributed by atoms with Gasteiger partial charge in [0.2, 0.25) is 0 Å². The molecule has 19 heavy (non-hydrogen) atoms. The molecule has 2 rings (SSSR count). The van der Waals surface area contributed by atoms with Gasteiger partial charge in [-0.1, -0.05) is 6.07 Å². The number of nitrogens with zero attached hydrogens (tertiary/aromatic N) is 1. The first-order chi connectivity index (χ1) is 9.09. The lowest BCUT2D eigenvalue weighted by molar-refractivity contribution is -0.384. The van der Waals surface area contributed by atoms with E-state index in [9.17, 15) is 14.9 Å². The Bertz CT molecular complexity index is 498. The highest BCUT2D eigenvalue weighted by molar-refractivity contribution is 5.95. The van der Waals surface area contributed by atoms with Crippen LogP contribution in [0.15, 0.2) is 18.2 Å². The number of carbonyl (C=O) groups is 1. The molecule has 1 aromatic carbocycles. The number of piperidine rings is 1. The fraction of sp³-hybridized carbons (Fsp3) is 0.417. The summed E-state index contributed by atoms with van der Waals surface area (Å²) < 4.78 is 0. The Morgan fingerprint density at radius 2 is 2.11 bits per heavy atom. The number of carboxylic acids is 1. The Hall–Kier alpha value is -2.15. The Labute approximate surface area is 109 Å². The highest BCUT2D eigenvalue weighted by Gasteiger charge is 2.25. The molecular formula is C12H15N3O4. The van der Waals surface area contributed by atoms with Gasteiger partial charge in [0.25, 0.3) is 0 Å². The van der Waals surface area contributed by atoms with Gasteiger partial charge in [-0.2, -0.15) is 0 Å². The third kappa shape index (κ3) is 3.00. The molecule has 1 fully saturated rings. The molecule has 0 aromatic heterocycles. The van der Waals surface area contributed by atoms with Crippen molar-refractivity contribution in [3.63, 3.8) is 0 Å². The van der Waals surface area contributed by atoms with Crippen molar-refractivity contribution in [1.29, 1.82) is 0 Å². The fourth-order valence-electron chi connectivity index (χ4n) is 2.22. The minimum Gasteiger partial charge on any atom is -0.477 e. The molecule has 1 heterocycles. The molecule has 0 aliphatic carbocycles. The van der Waals surface area contributed by atoms with Gasteiger partial charge in [0.1, 0.15) is 11.3 Å². The van der Waals surface area contributed by atoms with Crippen molar-refractivity contribution in [3.05, 3.63) is 33.9 Å². The number of aromatic carboxylic acids is 1. The lowest BCUT2D eigenvalue weighted by Crippen LogP contribution is -2.35. The highest BCUT2D eigenvalue weighted by atomic mass is 16.6. The second-order valence-electron chi connectivity index (χ2n) is 4.43. The standard InChI is InChI=1S/C12H15N3O4/c16-12(17)9-2-1-3-10(11(9)15(18)19)14-8-4-6-13-7-5-8/h1-3,8,13-14H,4-7H2,(H,16,17). The van der Waals surface area contributed by atoms with Crippen LogP contribution in [0.25, 0.3) is 0 Å². The van der Waals surface area contributed by atoms with Gasteiger partial charge < -0.3 is 15.7 Å². The largest absolute Gasteiger partial charge is 0.477 e. The predicted molar refractivity (Wildman–Crippen MR) is 69.6 cm³/mol. The number of carboxylic acid groups (broad SMARTS) is 1. The van der Waals surface area contributed by atoms with E-state index in [0.717, 1.165) is 25.9 Å². The van der Waals surface area contributed by atoms with Crippen LogP contribution in [-0.4, -0.2) is 35.1 Å². The van der Waals surface area contributed by atoms with Crippen LogP contribution in [0.1, 0.15) is 23.2 Å². The molecule has 1 aromatic rings. The number of rotatable bonds is 4. The first kappa shape index (κ1) is 13.3. The first-order valence-electron chi connectivity index (χ1n) is 6.07. The van der Waals surface area contributed by atoms with Gasteiger partial charge in [-0.25, -0.2) is 4.79 Å². The van der Waals surface area contributed by atoms with Gasteiger partial charge in [0.05, 0.1) is 4.92 Å². The van der Waals surface area contributed by atoms with Gasteiger partial charge in [-0.3, -0.25) is 10.1 Å². The van der Waals surface area contributed by atoms with Crippen molar-refractivity contribution in [2.45, 2.75) is 18.9 Å². The molecule has 0 unspecified atom stereocenters. The van der Waals surface area contributed by atoms with Crippen molar-refractivity contribution in [1.82, 2.24) is 5.32 Å². The molecule has 102 valence electrons. The van der Waals surface area contributed by atoms with Crippen LogP contribution in [0.5, 0.6) is 0 Å². The van der Waals surface area contributed by atoms with Gasteiger partial charge in [0, 0.05) is 6.04 Å². The average molecular weight is 265 g/mol. The summed E-state index contributed by atoms with van der Waals surface area (Å²) in [6.45, 7) is 1.70. The van der Waals surface area contributed by atoms with Gasteiger partial charge >= 0.3 is 11.7 Å². The molecule has 0 bridgehead atoms. The summed E-state index contributed by atoms with van der Waals surface area (Å²) in [6.07, 6.45) is 1.71. The van der Waals surface area contributed by atoms with Gasteiger partial charge in [-0.15, -0.1) is 0 Å². The zero-order valence-electron chi connectivity index (χ0n) is 10.3. The topological polar surface area (TPSA) is 104 Å². The second-order valence-corrected chi connectivity index (χ2v) is 4.43. The summed E-state index contributed by atoms with van der Waals surface area (Å²) in [5.41, 5.74) is -0.380. The van der Waals surface area contributed by atoms with Gasteiger partial charge in [-0.05, 0) is 38.1 Å². The lowest BCUT2D eigenvalue weighted by atomic mass is 10.1. The second kappa shape index (κ2) is 5.66. The number of nitrogens with one attached hydrogen (secondary N) is 2. The van der Waals surface area contributed by atoms with Crippen LogP contribution in [0.4, 0.5) is 11.4 Å². The Kier molecular flexibility index (Phi) is 3.96. The van der Waals surface area contributed by atoms with Crippen molar-refractivity contribution in [2.75, 3.05) is 18.4 Å². The van der Waals surface area contributed by atoms with E-state index < -0.39 is 10.9 Å². The van der Waals surface area contributed by atoms with Crippen LogP contribution in [-0.2, 0) is 0 Å². The van der Waals surface area contributed by atoms with E-state index >= 15 is 0 Å². The minimum atomic E-state index is -1.29. The zero-order chi connectivity index (χ0) is 13.8.